The summed E-state index contributed by atoms with van der Waals surface area (Å²) in [4.78, 5) is 19.0. The van der Waals surface area contributed by atoms with Crippen LogP contribution in [0.4, 0.5) is 0 Å². The first kappa shape index (κ1) is 21.5. The van der Waals surface area contributed by atoms with E-state index in [-0.39, 0.29) is 17.6 Å². The number of carbonyl (C=O) groups is 1. The molecular weight excluding hydrogens is 398 g/mol. The number of aromatic nitrogens is 3. The monoisotopic (exact) mass is 431 g/mol. The van der Waals surface area contributed by atoms with Gasteiger partial charge in [0.2, 0.25) is 0 Å². The smallest absolute Gasteiger partial charge is 0.270 e. The lowest BCUT2D eigenvalue weighted by atomic mass is 9.88. The van der Waals surface area contributed by atoms with E-state index in [1.807, 2.05) is 12.3 Å². The maximum absolute atomic E-state index is 12.2. The molecule has 2 aromatic heterocycles. The molecule has 1 atom stereocenters. The molecule has 0 radical (unpaired) electrons. The number of thiazole rings is 1. The van der Waals surface area contributed by atoms with Gasteiger partial charge >= 0.3 is 0 Å². The number of nitrogens with zero attached hydrogens (tertiary/aromatic N) is 4. The molecule has 2 aliphatic rings. The summed E-state index contributed by atoms with van der Waals surface area (Å²) in [7, 11) is 0. The van der Waals surface area contributed by atoms with E-state index in [4.69, 9.17) is 4.74 Å². The Morgan fingerprint density at radius 3 is 2.70 bits per heavy atom. The summed E-state index contributed by atoms with van der Waals surface area (Å²) in [5.41, 5.74) is 4.31. The van der Waals surface area contributed by atoms with Gasteiger partial charge < -0.3 is 10.1 Å². The lowest BCUT2D eigenvalue weighted by molar-refractivity contribution is -0.0764. The van der Waals surface area contributed by atoms with Gasteiger partial charge in [0, 0.05) is 49.4 Å². The molecule has 0 bridgehead atoms. The zero-order valence-corrected chi connectivity index (χ0v) is 19.3. The summed E-state index contributed by atoms with van der Waals surface area (Å²) in [6.45, 7) is 12.9. The van der Waals surface area contributed by atoms with E-state index >= 15 is 0 Å². The third kappa shape index (κ3) is 4.45. The third-order valence-corrected chi connectivity index (χ3v) is 7.43. The molecule has 2 aromatic rings. The highest BCUT2D eigenvalue weighted by Gasteiger charge is 2.42. The van der Waals surface area contributed by atoms with Crippen molar-refractivity contribution >= 4 is 17.2 Å². The lowest BCUT2D eigenvalue weighted by Crippen LogP contribution is -2.45. The predicted octanol–water partition coefficient (Wildman–Crippen LogP) is 3.23. The highest BCUT2D eigenvalue weighted by molar-refractivity contribution is 7.09. The van der Waals surface area contributed by atoms with E-state index in [1.54, 1.807) is 0 Å². The van der Waals surface area contributed by atoms with Crippen LogP contribution in [0.2, 0.25) is 0 Å². The number of rotatable bonds is 6. The number of amides is 1. The van der Waals surface area contributed by atoms with Crippen molar-refractivity contribution in [3.63, 3.8) is 0 Å². The van der Waals surface area contributed by atoms with Gasteiger partial charge in [0.15, 0.2) is 0 Å². The Kier molecular flexibility index (Phi) is 6.27. The van der Waals surface area contributed by atoms with Gasteiger partial charge in [-0.25, -0.2) is 4.98 Å². The Morgan fingerprint density at radius 2 is 2.07 bits per heavy atom. The molecule has 4 heterocycles. The molecule has 2 aliphatic heterocycles. The second-order valence-corrected chi connectivity index (χ2v) is 9.73. The van der Waals surface area contributed by atoms with Crippen molar-refractivity contribution < 1.29 is 9.53 Å². The fraction of sp³-hybridized carbons (Fsp3) is 0.682. The summed E-state index contributed by atoms with van der Waals surface area (Å²) in [6, 6.07) is 0. The predicted molar refractivity (Wildman–Crippen MR) is 118 cm³/mol. The standard InChI is InChI=1S/C22H33N5O2S/c1-5-27-16(3)19(15(2)25-27)13-26-10-8-22(9-11-26)7-6-18(29-22)12-23-21(28)20-14-30-17(4)24-20/h14,18H,5-13H2,1-4H3,(H,23,28). The van der Waals surface area contributed by atoms with Crippen molar-refractivity contribution in [3.8, 4) is 0 Å². The SMILES string of the molecule is CCn1nc(C)c(CN2CCC3(CCC(CNC(=O)c4csc(C)n4)O3)CC2)c1C. The lowest BCUT2D eigenvalue weighted by Gasteiger charge is -2.39. The van der Waals surface area contributed by atoms with Crippen LogP contribution in [0.3, 0.4) is 0 Å². The number of likely N-dealkylation sites (tertiary alicyclic amines) is 1. The topological polar surface area (TPSA) is 72.3 Å². The first-order valence-electron chi connectivity index (χ1n) is 11.0. The minimum atomic E-state index is -0.0999. The largest absolute Gasteiger partial charge is 0.370 e. The van der Waals surface area contributed by atoms with Gasteiger partial charge in [0.25, 0.3) is 5.91 Å². The number of ether oxygens (including phenoxy) is 1. The zero-order valence-electron chi connectivity index (χ0n) is 18.5. The van der Waals surface area contributed by atoms with Crippen LogP contribution in [0.25, 0.3) is 0 Å². The van der Waals surface area contributed by atoms with Crippen molar-refractivity contribution in [1.82, 2.24) is 25.0 Å². The Hall–Kier alpha value is -1.77. The van der Waals surface area contributed by atoms with Crippen LogP contribution in [0.15, 0.2) is 5.38 Å². The number of hydrogen-bond acceptors (Lipinski definition) is 6. The van der Waals surface area contributed by atoms with Crippen LogP contribution in [-0.2, 0) is 17.8 Å². The van der Waals surface area contributed by atoms with Gasteiger partial charge in [0.1, 0.15) is 5.69 Å². The maximum Gasteiger partial charge on any atom is 0.270 e. The fourth-order valence-corrected chi connectivity index (χ4v) is 5.38. The Labute approximate surface area is 182 Å². The molecule has 164 valence electrons. The van der Waals surface area contributed by atoms with Crippen LogP contribution in [0.5, 0.6) is 0 Å². The van der Waals surface area contributed by atoms with Gasteiger partial charge in [-0.05, 0) is 53.4 Å². The highest BCUT2D eigenvalue weighted by atomic mass is 32.1. The molecular formula is C22H33N5O2S. The van der Waals surface area contributed by atoms with Crippen molar-refractivity contribution in [2.24, 2.45) is 0 Å². The number of carbonyl (C=O) groups excluding carboxylic acids is 1. The zero-order chi connectivity index (χ0) is 21.3. The van der Waals surface area contributed by atoms with Crippen molar-refractivity contribution in [2.45, 2.75) is 78.2 Å². The molecule has 30 heavy (non-hydrogen) atoms. The van der Waals surface area contributed by atoms with E-state index in [0.717, 1.165) is 62.6 Å². The summed E-state index contributed by atoms with van der Waals surface area (Å²) in [5, 5.41) is 10.4. The molecule has 2 saturated heterocycles. The molecule has 4 rings (SSSR count). The van der Waals surface area contributed by atoms with Crippen LogP contribution < -0.4 is 5.32 Å². The van der Waals surface area contributed by atoms with Crippen molar-refractivity contribution in [2.75, 3.05) is 19.6 Å². The third-order valence-electron chi connectivity index (χ3n) is 6.66. The number of nitrogens with one attached hydrogen (secondary N) is 1. The maximum atomic E-state index is 12.2. The van der Waals surface area contributed by atoms with E-state index in [2.05, 4.69) is 45.8 Å². The molecule has 0 aliphatic carbocycles. The van der Waals surface area contributed by atoms with Gasteiger partial charge in [0.05, 0.1) is 22.4 Å². The molecule has 8 heteroatoms. The number of aryl methyl sites for hydroxylation is 3. The molecule has 1 spiro atoms. The molecule has 1 N–H and O–H groups in total. The second-order valence-electron chi connectivity index (χ2n) is 8.66. The molecule has 1 unspecified atom stereocenters. The van der Waals surface area contributed by atoms with E-state index in [1.165, 1.54) is 22.6 Å². The van der Waals surface area contributed by atoms with Crippen LogP contribution in [0.1, 0.15) is 65.1 Å². The Morgan fingerprint density at radius 1 is 1.30 bits per heavy atom. The summed E-state index contributed by atoms with van der Waals surface area (Å²) < 4.78 is 8.57. The molecule has 0 saturated carbocycles. The van der Waals surface area contributed by atoms with Gasteiger partial charge in [-0.2, -0.15) is 5.10 Å². The van der Waals surface area contributed by atoms with E-state index in [9.17, 15) is 4.79 Å². The minimum Gasteiger partial charge on any atom is -0.370 e. The summed E-state index contributed by atoms with van der Waals surface area (Å²) >= 11 is 1.50. The summed E-state index contributed by atoms with van der Waals surface area (Å²) in [5.74, 6) is -0.0999. The number of hydrogen-bond donors (Lipinski definition) is 1. The molecule has 2 fully saturated rings. The van der Waals surface area contributed by atoms with Gasteiger partial charge in [-0.3, -0.25) is 14.4 Å². The molecule has 7 nitrogen and oxygen atoms in total. The second kappa shape index (κ2) is 8.77. The quantitative estimate of drug-likeness (QED) is 0.760. The molecule has 1 amide bonds. The van der Waals surface area contributed by atoms with E-state index in [0.29, 0.717) is 12.2 Å². The van der Waals surface area contributed by atoms with Gasteiger partial charge in [-0.15, -0.1) is 11.3 Å². The molecule has 0 aromatic carbocycles. The Bertz CT molecular complexity index is 897. The normalized spacial score (nSPS) is 21.4. The fourth-order valence-electron chi connectivity index (χ4n) is 4.78. The van der Waals surface area contributed by atoms with Crippen LogP contribution in [0, 0.1) is 20.8 Å². The average Bonchev–Trinajstić information content (AvgIpc) is 3.42. The van der Waals surface area contributed by atoms with Crippen LogP contribution >= 0.6 is 11.3 Å². The van der Waals surface area contributed by atoms with E-state index < -0.39 is 0 Å². The van der Waals surface area contributed by atoms with Gasteiger partial charge in [-0.1, -0.05) is 0 Å². The first-order valence-corrected chi connectivity index (χ1v) is 11.9. The van der Waals surface area contributed by atoms with Crippen molar-refractivity contribution in [3.05, 3.63) is 33.0 Å². The number of piperidine rings is 1. The first-order chi connectivity index (χ1) is 14.4. The van der Waals surface area contributed by atoms with Crippen molar-refractivity contribution in [1.29, 1.82) is 0 Å². The average molecular weight is 432 g/mol. The Balaban J connectivity index is 1.26. The highest BCUT2D eigenvalue weighted by Crippen LogP contribution is 2.39. The van der Waals surface area contributed by atoms with Crippen LogP contribution in [-0.4, -0.2) is 56.9 Å². The minimum absolute atomic E-state index is 0.0131. The summed E-state index contributed by atoms with van der Waals surface area (Å²) in [6.07, 6.45) is 4.32.